The van der Waals surface area contributed by atoms with Crippen LogP contribution in [0.15, 0.2) is 53.0 Å². The fourth-order valence-electron chi connectivity index (χ4n) is 3.48. The first-order chi connectivity index (χ1) is 12.8. The summed E-state index contributed by atoms with van der Waals surface area (Å²) >= 11 is 3.38. The van der Waals surface area contributed by atoms with Crippen LogP contribution in [0.3, 0.4) is 0 Å². The third-order valence-electron chi connectivity index (χ3n) is 4.90. The molecule has 1 heterocycles. The number of ketones is 1. The van der Waals surface area contributed by atoms with Gasteiger partial charge >= 0.3 is 0 Å². The highest BCUT2D eigenvalue weighted by molar-refractivity contribution is 9.10. The van der Waals surface area contributed by atoms with Crippen molar-refractivity contribution in [1.82, 2.24) is 4.31 Å². The fourth-order valence-corrected chi connectivity index (χ4v) is 4.60. The summed E-state index contributed by atoms with van der Waals surface area (Å²) in [5.41, 5.74) is 2.23. The molecule has 27 heavy (non-hydrogen) atoms. The maximum Gasteiger partial charge on any atom is 0.211 e. The summed E-state index contributed by atoms with van der Waals surface area (Å²) < 4.78 is 26.4. The average Bonchev–Trinajstić information content (AvgIpc) is 3.10. The van der Waals surface area contributed by atoms with Crippen LogP contribution in [-0.4, -0.2) is 37.9 Å². The molecule has 2 unspecified atom stereocenters. The number of carbonyl (C=O) groups excluding carboxylic acids is 1. The maximum atomic E-state index is 13.0. The molecule has 0 N–H and O–H groups in total. The van der Waals surface area contributed by atoms with E-state index in [2.05, 4.69) is 22.0 Å². The molecule has 0 aliphatic carbocycles. The van der Waals surface area contributed by atoms with E-state index in [9.17, 15) is 13.2 Å². The van der Waals surface area contributed by atoms with E-state index in [1.165, 1.54) is 4.31 Å². The summed E-state index contributed by atoms with van der Waals surface area (Å²) in [6.45, 7) is 0.431. The number of benzene rings is 2. The number of nitriles is 1. The van der Waals surface area contributed by atoms with Gasteiger partial charge in [0.25, 0.3) is 0 Å². The van der Waals surface area contributed by atoms with Crippen molar-refractivity contribution < 1.29 is 13.2 Å². The lowest BCUT2D eigenvalue weighted by atomic mass is 9.84. The molecule has 1 aliphatic rings. The number of halogens is 1. The fraction of sp³-hybridized carbons (Fsp3) is 0.300. The standard InChI is InChI=1S/C20H19BrN2O3S/c1-27(25,26)23-12-18(16-4-2-3-15(9-16)11-22)19(13-23)20(24)10-14-5-7-17(21)8-6-14/h2-9,18-19H,10,12-13H2,1H3. The van der Waals surface area contributed by atoms with Gasteiger partial charge in [0.05, 0.1) is 17.9 Å². The molecule has 140 valence electrons. The van der Waals surface area contributed by atoms with Crippen LogP contribution in [-0.2, 0) is 21.2 Å². The molecule has 1 aliphatic heterocycles. The molecule has 7 heteroatoms. The first-order valence-corrected chi connectivity index (χ1v) is 11.1. The van der Waals surface area contributed by atoms with Gasteiger partial charge in [-0.05, 0) is 35.4 Å². The van der Waals surface area contributed by atoms with Gasteiger partial charge in [0, 0.05) is 35.8 Å². The third kappa shape index (κ3) is 4.64. The smallest absolute Gasteiger partial charge is 0.211 e. The maximum absolute atomic E-state index is 13.0. The number of carbonyl (C=O) groups is 1. The number of Topliss-reactive ketones (excluding diaryl/α,β-unsaturated/α-hetero) is 1. The van der Waals surface area contributed by atoms with Crippen LogP contribution < -0.4 is 0 Å². The van der Waals surface area contributed by atoms with Crippen molar-refractivity contribution in [3.63, 3.8) is 0 Å². The number of hydrogen-bond donors (Lipinski definition) is 0. The Labute approximate surface area is 167 Å². The van der Waals surface area contributed by atoms with Gasteiger partial charge in [-0.1, -0.05) is 40.2 Å². The lowest BCUT2D eigenvalue weighted by Gasteiger charge is -2.18. The van der Waals surface area contributed by atoms with Gasteiger partial charge in [-0.15, -0.1) is 0 Å². The van der Waals surface area contributed by atoms with Gasteiger partial charge in [0.15, 0.2) is 0 Å². The Bertz CT molecular complexity index is 997. The summed E-state index contributed by atoms with van der Waals surface area (Å²) in [5.74, 6) is -0.677. The number of rotatable bonds is 5. The molecule has 0 saturated carbocycles. The van der Waals surface area contributed by atoms with Crippen LogP contribution in [0.4, 0.5) is 0 Å². The first kappa shape index (κ1) is 19.7. The zero-order chi connectivity index (χ0) is 19.6. The molecule has 0 bridgehead atoms. The monoisotopic (exact) mass is 446 g/mol. The zero-order valence-corrected chi connectivity index (χ0v) is 17.2. The van der Waals surface area contributed by atoms with Crippen molar-refractivity contribution in [2.45, 2.75) is 12.3 Å². The molecule has 0 aromatic heterocycles. The van der Waals surface area contributed by atoms with E-state index in [-0.39, 0.29) is 31.2 Å². The molecular weight excluding hydrogens is 428 g/mol. The van der Waals surface area contributed by atoms with Crippen molar-refractivity contribution in [2.24, 2.45) is 5.92 Å². The predicted molar refractivity (Wildman–Crippen MR) is 107 cm³/mol. The van der Waals surface area contributed by atoms with Crippen LogP contribution >= 0.6 is 15.9 Å². The Kier molecular flexibility index (Phi) is 5.80. The van der Waals surface area contributed by atoms with Gasteiger partial charge in [0.1, 0.15) is 5.78 Å². The highest BCUT2D eigenvalue weighted by atomic mass is 79.9. The summed E-state index contributed by atoms with van der Waals surface area (Å²) in [4.78, 5) is 13.0. The Morgan fingerprint density at radius 2 is 1.93 bits per heavy atom. The van der Waals surface area contributed by atoms with E-state index in [0.717, 1.165) is 21.9 Å². The number of hydrogen-bond acceptors (Lipinski definition) is 4. The van der Waals surface area contributed by atoms with E-state index < -0.39 is 15.9 Å². The molecule has 0 amide bonds. The SMILES string of the molecule is CS(=O)(=O)N1CC(C(=O)Cc2ccc(Br)cc2)C(c2cccc(C#N)c2)C1. The van der Waals surface area contributed by atoms with Crippen LogP contribution in [0, 0.1) is 17.2 Å². The van der Waals surface area contributed by atoms with Gasteiger partial charge < -0.3 is 0 Å². The second-order valence-electron chi connectivity index (χ2n) is 6.80. The highest BCUT2D eigenvalue weighted by Crippen LogP contribution is 2.35. The molecular formula is C20H19BrN2O3S. The topological polar surface area (TPSA) is 78.2 Å². The van der Waals surface area contributed by atoms with Gasteiger partial charge in [-0.3, -0.25) is 4.79 Å². The minimum Gasteiger partial charge on any atom is -0.299 e. The summed E-state index contributed by atoms with van der Waals surface area (Å²) in [6.07, 6.45) is 1.42. The molecule has 2 aromatic rings. The van der Waals surface area contributed by atoms with Crippen LogP contribution in [0.2, 0.25) is 0 Å². The predicted octanol–water partition coefficient (Wildman–Crippen LogP) is 3.11. The largest absolute Gasteiger partial charge is 0.299 e. The molecule has 0 spiro atoms. The van der Waals surface area contributed by atoms with Gasteiger partial charge in [-0.2, -0.15) is 5.26 Å². The van der Waals surface area contributed by atoms with E-state index in [1.54, 1.807) is 18.2 Å². The molecule has 1 fully saturated rings. The second-order valence-corrected chi connectivity index (χ2v) is 9.70. The van der Waals surface area contributed by atoms with Gasteiger partial charge in [0.2, 0.25) is 10.0 Å². The van der Waals surface area contributed by atoms with Crippen LogP contribution in [0.1, 0.15) is 22.6 Å². The second kappa shape index (κ2) is 7.93. The summed E-state index contributed by atoms with van der Waals surface area (Å²) in [7, 11) is -3.39. The lowest BCUT2D eigenvalue weighted by molar-refractivity contribution is -0.122. The average molecular weight is 447 g/mol. The molecule has 3 rings (SSSR count). The van der Waals surface area contributed by atoms with Gasteiger partial charge in [-0.25, -0.2) is 12.7 Å². The molecule has 2 aromatic carbocycles. The normalized spacial score (nSPS) is 20.3. The van der Waals surface area contributed by atoms with E-state index in [4.69, 9.17) is 5.26 Å². The Hall–Kier alpha value is -2.01. The van der Waals surface area contributed by atoms with Crippen molar-refractivity contribution in [1.29, 1.82) is 5.26 Å². The Morgan fingerprint density at radius 1 is 1.22 bits per heavy atom. The first-order valence-electron chi connectivity index (χ1n) is 8.50. The van der Waals surface area contributed by atoms with Crippen LogP contribution in [0.25, 0.3) is 0 Å². The molecule has 2 atom stereocenters. The van der Waals surface area contributed by atoms with Crippen molar-refractivity contribution in [3.8, 4) is 6.07 Å². The molecule has 0 radical (unpaired) electrons. The minimum atomic E-state index is -3.39. The summed E-state index contributed by atoms with van der Waals surface area (Å²) in [5, 5.41) is 9.15. The van der Waals surface area contributed by atoms with Crippen molar-refractivity contribution in [2.75, 3.05) is 19.3 Å². The number of sulfonamides is 1. The third-order valence-corrected chi connectivity index (χ3v) is 6.67. The van der Waals surface area contributed by atoms with Crippen LogP contribution in [0.5, 0.6) is 0 Å². The van der Waals surface area contributed by atoms with E-state index >= 15 is 0 Å². The Balaban J connectivity index is 1.90. The van der Waals surface area contributed by atoms with Crippen molar-refractivity contribution in [3.05, 3.63) is 69.7 Å². The quantitative estimate of drug-likeness (QED) is 0.706. The molecule has 1 saturated heterocycles. The minimum absolute atomic E-state index is 0.0100. The number of nitrogens with zero attached hydrogens (tertiary/aromatic N) is 2. The van der Waals surface area contributed by atoms with Crippen molar-refractivity contribution >= 4 is 31.7 Å². The lowest BCUT2D eigenvalue weighted by Crippen LogP contribution is -2.29. The van der Waals surface area contributed by atoms with E-state index in [0.29, 0.717) is 5.56 Å². The summed E-state index contributed by atoms with van der Waals surface area (Å²) in [6, 6.07) is 16.7. The van der Waals surface area contributed by atoms with E-state index in [1.807, 2.05) is 30.3 Å². The Morgan fingerprint density at radius 3 is 2.56 bits per heavy atom. The highest BCUT2D eigenvalue weighted by Gasteiger charge is 2.41. The zero-order valence-electron chi connectivity index (χ0n) is 14.8. The molecule has 5 nitrogen and oxygen atoms in total.